The Hall–Kier alpha value is -2.40. The zero-order chi connectivity index (χ0) is 16.9. The minimum atomic E-state index is 0.602. The van der Waals surface area contributed by atoms with E-state index in [2.05, 4.69) is 86.8 Å². The monoisotopic (exact) mass is 382 g/mol. The third-order valence-corrected chi connectivity index (χ3v) is 4.23. The first kappa shape index (κ1) is 16.5. The Morgan fingerprint density at radius 2 is 1.83 bits per heavy atom. The summed E-state index contributed by atoms with van der Waals surface area (Å²) in [4.78, 5) is 8.80. The van der Waals surface area contributed by atoms with Crippen LogP contribution in [0.5, 0.6) is 0 Å². The highest BCUT2D eigenvalue weighted by molar-refractivity contribution is 9.10. The summed E-state index contributed by atoms with van der Waals surface area (Å²) in [5.74, 6) is 1.35. The number of hydrogen-bond donors (Lipinski definition) is 2. The van der Waals surface area contributed by atoms with Gasteiger partial charge in [-0.1, -0.05) is 35.9 Å². The molecule has 0 saturated carbocycles. The molecule has 0 fully saturated rings. The van der Waals surface area contributed by atoms with Crippen molar-refractivity contribution in [3.05, 3.63) is 75.9 Å². The van der Waals surface area contributed by atoms with Crippen LogP contribution in [0.1, 0.15) is 16.7 Å². The largest absolute Gasteiger partial charge is 0.350 e. The Kier molecular flexibility index (Phi) is 5.11. The number of halogens is 1. The van der Waals surface area contributed by atoms with Crippen molar-refractivity contribution in [3.8, 4) is 0 Å². The van der Waals surface area contributed by atoms with Gasteiger partial charge in [0.1, 0.15) is 5.82 Å². The lowest BCUT2D eigenvalue weighted by Gasteiger charge is -2.10. The van der Waals surface area contributed by atoms with Gasteiger partial charge in [0.2, 0.25) is 5.95 Å². The van der Waals surface area contributed by atoms with Gasteiger partial charge in [-0.25, -0.2) is 4.98 Å². The van der Waals surface area contributed by atoms with Crippen molar-refractivity contribution in [2.45, 2.75) is 20.4 Å². The standard InChI is InChI=1S/C19H19BrN4/c1-13-4-3-5-15(10-13)12-22-19-21-9-8-18(24-19)23-17-7-6-14(2)11-16(17)20/h3-11H,12H2,1-2H3,(H2,21,22,23,24). The minimum Gasteiger partial charge on any atom is -0.350 e. The van der Waals surface area contributed by atoms with Gasteiger partial charge in [-0.05, 0) is 59.1 Å². The second kappa shape index (κ2) is 7.45. The Labute approximate surface area is 150 Å². The van der Waals surface area contributed by atoms with Crippen LogP contribution in [0.15, 0.2) is 59.2 Å². The lowest BCUT2D eigenvalue weighted by molar-refractivity contribution is 1.05. The number of benzene rings is 2. The van der Waals surface area contributed by atoms with E-state index in [4.69, 9.17) is 0 Å². The first-order valence-corrected chi connectivity index (χ1v) is 8.55. The van der Waals surface area contributed by atoms with Crippen molar-refractivity contribution in [3.63, 3.8) is 0 Å². The summed E-state index contributed by atoms with van der Waals surface area (Å²) in [6.45, 7) is 4.84. The molecule has 0 amide bonds. The summed E-state index contributed by atoms with van der Waals surface area (Å²) >= 11 is 3.57. The molecule has 3 rings (SSSR count). The highest BCUT2D eigenvalue weighted by Gasteiger charge is 2.04. The maximum absolute atomic E-state index is 4.51. The van der Waals surface area contributed by atoms with Crippen molar-refractivity contribution in [1.82, 2.24) is 9.97 Å². The third kappa shape index (κ3) is 4.32. The van der Waals surface area contributed by atoms with Crippen LogP contribution >= 0.6 is 15.9 Å². The normalized spacial score (nSPS) is 10.5. The molecule has 3 aromatic rings. The molecular weight excluding hydrogens is 364 g/mol. The molecule has 2 N–H and O–H groups in total. The van der Waals surface area contributed by atoms with E-state index in [0.717, 1.165) is 16.0 Å². The van der Waals surface area contributed by atoms with E-state index in [0.29, 0.717) is 12.5 Å². The van der Waals surface area contributed by atoms with E-state index in [9.17, 15) is 0 Å². The predicted octanol–water partition coefficient (Wildman–Crippen LogP) is 5.21. The summed E-state index contributed by atoms with van der Waals surface area (Å²) in [7, 11) is 0. The second-order valence-corrected chi connectivity index (χ2v) is 6.57. The molecule has 4 nitrogen and oxygen atoms in total. The van der Waals surface area contributed by atoms with Gasteiger partial charge in [-0.3, -0.25) is 0 Å². The van der Waals surface area contributed by atoms with Gasteiger partial charge >= 0.3 is 0 Å². The van der Waals surface area contributed by atoms with Crippen LogP contribution in [0.25, 0.3) is 0 Å². The van der Waals surface area contributed by atoms with E-state index < -0.39 is 0 Å². The molecule has 24 heavy (non-hydrogen) atoms. The lowest BCUT2D eigenvalue weighted by atomic mass is 10.1. The quantitative estimate of drug-likeness (QED) is 0.635. The summed E-state index contributed by atoms with van der Waals surface area (Å²) in [6, 6.07) is 16.4. The predicted molar refractivity (Wildman–Crippen MR) is 103 cm³/mol. The molecule has 5 heteroatoms. The number of aromatic nitrogens is 2. The van der Waals surface area contributed by atoms with E-state index in [1.165, 1.54) is 16.7 Å². The summed E-state index contributed by atoms with van der Waals surface area (Å²) in [5, 5.41) is 6.57. The molecule has 0 atom stereocenters. The maximum Gasteiger partial charge on any atom is 0.224 e. The van der Waals surface area contributed by atoms with Crippen LogP contribution in [0.2, 0.25) is 0 Å². The van der Waals surface area contributed by atoms with E-state index in [-0.39, 0.29) is 0 Å². The summed E-state index contributed by atoms with van der Waals surface area (Å²) in [6.07, 6.45) is 1.75. The highest BCUT2D eigenvalue weighted by Crippen LogP contribution is 2.26. The fourth-order valence-electron chi connectivity index (χ4n) is 2.38. The molecule has 1 heterocycles. The van der Waals surface area contributed by atoms with Crippen LogP contribution in [-0.4, -0.2) is 9.97 Å². The van der Waals surface area contributed by atoms with E-state index in [1.807, 2.05) is 12.1 Å². The molecule has 0 spiro atoms. The smallest absolute Gasteiger partial charge is 0.224 e. The van der Waals surface area contributed by atoms with Gasteiger partial charge in [0, 0.05) is 17.2 Å². The summed E-state index contributed by atoms with van der Waals surface area (Å²) in [5.41, 5.74) is 4.63. The molecule has 0 aliphatic heterocycles. The number of aryl methyl sites for hydroxylation is 2. The van der Waals surface area contributed by atoms with Crippen molar-refractivity contribution >= 4 is 33.4 Å². The van der Waals surface area contributed by atoms with Gasteiger partial charge in [0.05, 0.1) is 5.69 Å². The average Bonchev–Trinajstić information content (AvgIpc) is 2.56. The molecule has 122 valence electrons. The fraction of sp³-hybridized carbons (Fsp3) is 0.158. The highest BCUT2D eigenvalue weighted by atomic mass is 79.9. The number of rotatable bonds is 5. The topological polar surface area (TPSA) is 49.8 Å². The van der Waals surface area contributed by atoms with Crippen LogP contribution in [-0.2, 0) is 6.54 Å². The zero-order valence-electron chi connectivity index (χ0n) is 13.7. The van der Waals surface area contributed by atoms with Crippen molar-refractivity contribution in [1.29, 1.82) is 0 Å². The third-order valence-electron chi connectivity index (χ3n) is 3.58. The fourth-order valence-corrected chi connectivity index (χ4v) is 2.97. The van der Waals surface area contributed by atoms with E-state index in [1.54, 1.807) is 6.20 Å². The number of hydrogen-bond acceptors (Lipinski definition) is 4. The first-order chi connectivity index (χ1) is 11.6. The maximum atomic E-state index is 4.51. The van der Waals surface area contributed by atoms with Gasteiger partial charge in [-0.2, -0.15) is 4.98 Å². The zero-order valence-corrected chi connectivity index (χ0v) is 15.3. The van der Waals surface area contributed by atoms with Crippen LogP contribution in [0, 0.1) is 13.8 Å². The average molecular weight is 383 g/mol. The Balaban J connectivity index is 1.69. The van der Waals surface area contributed by atoms with Crippen molar-refractivity contribution in [2.75, 3.05) is 10.6 Å². The molecule has 0 bridgehead atoms. The Morgan fingerprint density at radius 3 is 2.62 bits per heavy atom. The second-order valence-electron chi connectivity index (χ2n) is 5.72. The Morgan fingerprint density at radius 1 is 1.00 bits per heavy atom. The molecule has 1 aromatic heterocycles. The van der Waals surface area contributed by atoms with Crippen LogP contribution in [0.3, 0.4) is 0 Å². The van der Waals surface area contributed by atoms with Gasteiger partial charge in [-0.15, -0.1) is 0 Å². The molecule has 0 aliphatic rings. The molecular formula is C19H19BrN4. The molecule has 0 radical (unpaired) electrons. The van der Waals surface area contributed by atoms with Gasteiger partial charge in [0.15, 0.2) is 0 Å². The van der Waals surface area contributed by atoms with E-state index >= 15 is 0 Å². The van der Waals surface area contributed by atoms with Crippen molar-refractivity contribution < 1.29 is 0 Å². The molecule has 0 saturated heterocycles. The lowest BCUT2D eigenvalue weighted by Crippen LogP contribution is -2.05. The van der Waals surface area contributed by atoms with Crippen LogP contribution < -0.4 is 10.6 Å². The minimum absolute atomic E-state index is 0.602. The SMILES string of the molecule is Cc1cccc(CNc2nccc(Nc3ccc(C)cc3Br)n2)c1. The van der Waals surface area contributed by atoms with Crippen LogP contribution in [0.4, 0.5) is 17.5 Å². The number of anilines is 3. The van der Waals surface area contributed by atoms with Gasteiger partial charge in [0.25, 0.3) is 0 Å². The molecule has 0 unspecified atom stereocenters. The number of nitrogens with one attached hydrogen (secondary N) is 2. The molecule has 0 aliphatic carbocycles. The number of nitrogens with zero attached hydrogens (tertiary/aromatic N) is 2. The summed E-state index contributed by atoms with van der Waals surface area (Å²) < 4.78 is 1.01. The first-order valence-electron chi connectivity index (χ1n) is 7.76. The molecule has 2 aromatic carbocycles. The van der Waals surface area contributed by atoms with Crippen molar-refractivity contribution in [2.24, 2.45) is 0 Å². The Bertz CT molecular complexity index is 848. The van der Waals surface area contributed by atoms with Gasteiger partial charge < -0.3 is 10.6 Å².